The number of hydrogen-bond acceptors (Lipinski definition) is 5. The van der Waals surface area contributed by atoms with Crippen LogP contribution in [-0.2, 0) is 10.0 Å². The van der Waals surface area contributed by atoms with Crippen LogP contribution >= 0.6 is 0 Å². The smallest absolute Gasteiger partial charge is 0.343 e. The molecule has 0 N–H and O–H groups in total. The van der Waals surface area contributed by atoms with E-state index >= 15 is 0 Å². The summed E-state index contributed by atoms with van der Waals surface area (Å²) in [6, 6.07) is 18.7. The molecular weight excluding hydrogens is 402 g/mol. The zero-order chi connectivity index (χ0) is 21.3. The number of esters is 1. The maximum Gasteiger partial charge on any atom is 0.343 e. The van der Waals surface area contributed by atoms with Gasteiger partial charge in [-0.25, -0.2) is 13.2 Å². The number of benzene rings is 3. The summed E-state index contributed by atoms with van der Waals surface area (Å²) in [6.07, 6.45) is 0. The van der Waals surface area contributed by atoms with Gasteiger partial charge < -0.3 is 9.15 Å². The van der Waals surface area contributed by atoms with Crippen molar-refractivity contribution in [3.05, 3.63) is 72.3 Å². The van der Waals surface area contributed by atoms with Gasteiger partial charge in [0.2, 0.25) is 10.0 Å². The van der Waals surface area contributed by atoms with E-state index in [1.807, 2.05) is 24.3 Å². The fourth-order valence-corrected chi connectivity index (χ4v) is 4.94. The molecule has 0 saturated heterocycles. The Kier molecular flexibility index (Phi) is 5.32. The molecule has 7 heteroatoms. The number of fused-ring (bicyclic) bond motifs is 3. The third kappa shape index (κ3) is 3.58. The third-order valence-electron chi connectivity index (χ3n) is 4.97. The monoisotopic (exact) mass is 423 g/mol. The number of sulfonamides is 1. The third-order valence-corrected chi connectivity index (χ3v) is 7.02. The van der Waals surface area contributed by atoms with Crippen molar-refractivity contribution in [3.8, 4) is 5.75 Å². The van der Waals surface area contributed by atoms with Crippen molar-refractivity contribution in [3.63, 3.8) is 0 Å². The van der Waals surface area contributed by atoms with Crippen molar-refractivity contribution in [1.29, 1.82) is 0 Å². The first-order valence-electron chi connectivity index (χ1n) is 9.67. The first-order chi connectivity index (χ1) is 14.4. The summed E-state index contributed by atoms with van der Waals surface area (Å²) >= 11 is 0. The number of nitrogens with zero attached hydrogens (tertiary/aromatic N) is 1. The van der Waals surface area contributed by atoms with Gasteiger partial charge in [0, 0.05) is 23.9 Å². The summed E-state index contributed by atoms with van der Waals surface area (Å²) in [5, 5.41) is 1.77. The summed E-state index contributed by atoms with van der Waals surface area (Å²) in [4.78, 5) is 12.8. The highest BCUT2D eigenvalue weighted by molar-refractivity contribution is 7.89. The molecule has 0 atom stereocenters. The molecule has 4 aromatic rings. The van der Waals surface area contributed by atoms with Crippen molar-refractivity contribution in [2.45, 2.75) is 18.7 Å². The lowest BCUT2D eigenvalue weighted by Gasteiger charge is -2.18. The second kappa shape index (κ2) is 7.93. The lowest BCUT2D eigenvalue weighted by molar-refractivity contribution is 0.0734. The number of rotatable bonds is 6. The fraction of sp³-hybridized carbons (Fsp3) is 0.174. The second-order valence-electron chi connectivity index (χ2n) is 6.76. The molecule has 0 aliphatic rings. The number of para-hydroxylation sites is 1. The maximum atomic E-state index is 12.7. The molecule has 1 heterocycles. The van der Waals surface area contributed by atoms with Crippen LogP contribution < -0.4 is 4.74 Å². The molecule has 0 unspecified atom stereocenters. The summed E-state index contributed by atoms with van der Waals surface area (Å²) in [6.45, 7) is 4.25. The Labute approximate surface area is 174 Å². The van der Waals surface area contributed by atoms with Crippen LogP contribution in [-0.4, -0.2) is 31.8 Å². The van der Waals surface area contributed by atoms with Crippen molar-refractivity contribution < 1.29 is 22.4 Å². The molecule has 3 aromatic carbocycles. The van der Waals surface area contributed by atoms with E-state index in [0.717, 1.165) is 16.4 Å². The van der Waals surface area contributed by atoms with Crippen molar-refractivity contribution in [2.24, 2.45) is 0 Å². The highest BCUT2D eigenvalue weighted by atomic mass is 32.2. The van der Waals surface area contributed by atoms with Gasteiger partial charge in [0.15, 0.2) is 0 Å². The second-order valence-corrected chi connectivity index (χ2v) is 8.70. The van der Waals surface area contributed by atoms with Gasteiger partial charge in [-0.05, 0) is 42.5 Å². The lowest BCUT2D eigenvalue weighted by atomic mass is 10.1. The largest absolute Gasteiger partial charge is 0.456 e. The number of furan rings is 1. The standard InChI is InChI=1S/C23H21NO5S/c1-3-24(4-2)30(26,27)18-9-7-8-16(14-18)23(25)28-17-12-13-22-20(15-17)19-10-5-6-11-21(19)29-22/h5-15H,3-4H2,1-2H3. The van der Waals surface area contributed by atoms with Crippen LogP contribution in [0.25, 0.3) is 21.9 Å². The topological polar surface area (TPSA) is 76.8 Å². The first-order valence-corrected chi connectivity index (χ1v) is 11.1. The average Bonchev–Trinajstić information content (AvgIpc) is 3.12. The Hall–Kier alpha value is -3.16. The molecule has 0 aliphatic carbocycles. The Morgan fingerprint density at radius 2 is 1.63 bits per heavy atom. The number of ether oxygens (including phenoxy) is 1. The van der Waals surface area contributed by atoms with Gasteiger partial charge in [0.25, 0.3) is 0 Å². The summed E-state index contributed by atoms with van der Waals surface area (Å²) < 4.78 is 38.1. The van der Waals surface area contributed by atoms with Crippen LogP contribution in [0.5, 0.6) is 5.75 Å². The predicted octanol–water partition coefficient (Wildman–Crippen LogP) is 4.84. The SMILES string of the molecule is CCN(CC)S(=O)(=O)c1cccc(C(=O)Oc2ccc3oc4ccccc4c3c2)c1. The number of carbonyl (C=O) groups excluding carboxylic acids is 1. The van der Waals surface area contributed by atoms with E-state index < -0.39 is 16.0 Å². The number of hydrogen-bond donors (Lipinski definition) is 0. The zero-order valence-electron chi connectivity index (χ0n) is 16.7. The van der Waals surface area contributed by atoms with E-state index in [9.17, 15) is 13.2 Å². The van der Waals surface area contributed by atoms with Crippen LogP contribution in [0.2, 0.25) is 0 Å². The molecule has 1 aromatic heterocycles. The van der Waals surface area contributed by atoms with Crippen LogP contribution in [0.3, 0.4) is 0 Å². The molecule has 6 nitrogen and oxygen atoms in total. The molecule has 154 valence electrons. The number of carbonyl (C=O) groups is 1. The van der Waals surface area contributed by atoms with Crippen molar-refractivity contribution >= 4 is 37.9 Å². The highest BCUT2D eigenvalue weighted by Crippen LogP contribution is 2.31. The van der Waals surface area contributed by atoms with E-state index in [1.54, 1.807) is 38.1 Å². The molecular formula is C23H21NO5S. The minimum Gasteiger partial charge on any atom is -0.456 e. The lowest BCUT2D eigenvalue weighted by Crippen LogP contribution is -2.30. The van der Waals surface area contributed by atoms with Crippen molar-refractivity contribution in [2.75, 3.05) is 13.1 Å². The molecule has 0 aliphatic heterocycles. The highest BCUT2D eigenvalue weighted by Gasteiger charge is 2.23. The van der Waals surface area contributed by atoms with Crippen LogP contribution in [0.15, 0.2) is 76.0 Å². The van der Waals surface area contributed by atoms with Gasteiger partial charge in [0.05, 0.1) is 10.5 Å². The van der Waals surface area contributed by atoms with Crippen LogP contribution in [0.4, 0.5) is 0 Å². The van der Waals surface area contributed by atoms with Gasteiger partial charge in [0.1, 0.15) is 16.9 Å². The summed E-state index contributed by atoms with van der Waals surface area (Å²) in [7, 11) is -3.66. The van der Waals surface area contributed by atoms with Gasteiger partial charge in [-0.1, -0.05) is 38.1 Å². The van der Waals surface area contributed by atoms with Crippen molar-refractivity contribution in [1.82, 2.24) is 4.31 Å². The molecule has 0 radical (unpaired) electrons. The normalized spacial score (nSPS) is 12.0. The minimum atomic E-state index is -3.66. The molecule has 0 saturated carbocycles. The Morgan fingerprint density at radius 3 is 2.40 bits per heavy atom. The molecule has 4 rings (SSSR count). The zero-order valence-corrected chi connectivity index (χ0v) is 17.5. The Morgan fingerprint density at radius 1 is 0.900 bits per heavy atom. The first kappa shape index (κ1) is 20.1. The van der Waals surface area contributed by atoms with E-state index in [2.05, 4.69) is 0 Å². The van der Waals surface area contributed by atoms with E-state index in [0.29, 0.717) is 24.4 Å². The van der Waals surface area contributed by atoms with Crippen LogP contribution in [0.1, 0.15) is 24.2 Å². The summed E-state index contributed by atoms with van der Waals surface area (Å²) in [5.41, 5.74) is 1.62. The quantitative estimate of drug-likeness (QED) is 0.328. The Bertz CT molecular complexity index is 1340. The van der Waals surface area contributed by atoms with Gasteiger partial charge >= 0.3 is 5.97 Å². The molecule has 0 amide bonds. The van der Waals surface area contributed by atoms with Gasteiger partial charge in [-0.2, -0.15) is 4.31 Å². The van der Waals surface area contributed by atoms with Gasteiger partial charge in [-0.15, -0.1) is 0 Å². The average molecular weight is 423 g/mol. The molecule has 0 bridgehead atoms. The van der Waals surface area contributed by atoms with Crippen LogP contribution in [0, 0.1) is 0 Å². The van der Waals surface area contributed by atoms with E-state index in [4.69, 9.17) is 9.15 Å². The Balaban J connectivity index is 1.64. The molecule has 30 heavy (non-hydrogen) atoms. The molecule has 0 fully saturated rings. The summed E-state index contributed by atoms with van der Waals surface area (Å²) in [5.74, 6) is -0.269. The van der Waals surface area contributed by atoms with E-state index in [1.165, 1.54) is 22.5 Å². The fourth-order valence-electron chi connectivity index (χ4n) is 3.43. The maximum absolute atomic E-state index is 12.7. The predicted molar refractivity (Wildman–Crippen MR) is 115 cm³/mol. The molecule has 0 spiro atoms. The van der Waals surface area contributed by atoms with E-state index in [-0.39, 0.29) is 10.5 Å². The minimum absolute atomic E-state index is 0.0666. The van der Waals surface area contributed by atoms with Gasteiger partial charge in [-0.3, -0.25) is 0 Å².